The molecule has 1 aromatic carbocycles. The number of anilines is 2. The summed E-state index contributed by atoms with van der Waals surface area (Å²) in [5.41, 5.74) is 3.72. The van der Waals surface area contributed by atoms with Gasteiger partial charge in [0.25, 0.3) is 5.69 Å². The summed E-state index contributed by atoms with van der Waals surface area (Å²) < 4.78 is 0. The SMILES string of the molecule is CC(C)(C)CNc1cc(NN)cc([N+](=O)[O-])c1. The van der Waals surface area contributed by atoms with E-state index in [1.54, 1.807) is 6.07 Å². The molecule has 1 rings (SSSR count). The van der Waals surface area contributed by atoms with Gasteiger partial charge < -0.3 is 10.7 Å². The summed E-state index contributed by atoms with van der Waals surface area (Å²) in [4.78, 5) is 10.3. The Labute approximate surface area is 100 Å². The van der Waals surface area contributed by atoms with Gasteiger partial charge in [0.2, 0.25) is 0 Å². The van der Waals surface area contributed by atoms with Crippen LogP contribution in [0.1, 0.15) is 20.8 Å². The second-order valence-corrected chi connectivity index (χ2v) is 5.08. The first-order valence-corrected chi connectivity index (χ1v) is 5.32. The topological polar surface area (TPSA) is 93.2 Å². The van der Waals surface area contributed by atoms with Gasteiger partial charge in [-0.1, -0.05) is 20.8 Å². The Morgan fingerprint density at radius 3 is 2.35 bits per heavy atom. The van der Waals surface area contributed by atoms with Crippen LogP contribution in [0.25, 0.3) is 0 Å². The Kier molecular flexibility index (Phi) is 3.90. The Balaban J connectivity index is 2.91. The molecular weight excluding hydrogens is 220 g/mol. The molecule has 0 unspecified atom stereocenters. The summed E-state index contributed by atoms with van der Waals surface area (Å²) in [7, 11) is 0. The van der Waals surface area contributed by atoms with Gasteiger partial charge in [-0.2, -0.15) is 0 Å². The molecular formula is C11H18N4O2. The molecule has 0 fully saturated rings. The molecule has 94 valence electrons. The molecule has 6 heteroatoms. The third-order valence-corrected chi connectivity index (χ3v) is 2.12. The molecule has 0 aromatic heterocycles. The van der Waals surface area contributed by atoms with E-state index in [1.165, 1.54) is 12.1 Å². The van der Waals surface area contributed by atoms with Crippen molar-refractivity contribution >= 4 is 17.1 Å². The van der Waals surface area contributed by atoms with E-state index in [0.717, 1.165) is 6.54 Å². The molecule has 0 aliphatic rings. The van der Waals surface area contributed by atoms with Crippen molar-refractivity contribution in [1.29, 1.82) is 0 Å². The van der Waals surface area contributed by atoms with Gasteiger partial charge in [0.1, 0.15) is 0 Å². The van der Waals surface area contributed by atoms with Crippen molar-refractivity contribution in [2.45, 2.75) is 20.8 Å². The predicted octanol–water partition coefficient (Wildman–Crippen LogP) is 2.34. The van der Waals surface area contributed by atoms with Gasteiger partial charge in [-0.05, 0) is 11.5 Å². The Morgan fingerprint density at radius 2 is 1.88 bits per heavy atom. The first kappa shape index (κ1) is 13.2. The zero-order chi connectivity index (χ0) is 13.1. The summed E-state index contributed by atoms with van der Waals surface area (Å²) in [5, 5.41) is 13.9. The summed E-state index contributed by atoms with van der Waals surface area (Å²) in [6.45, 7) is 6.97. The van der Waals surface area contributed by atoms with Crippen LogP contribution in [0.15, 0.2) is 18.2 Å². The highest BCUT2D eigenvalue weighted by Crippen LogP contribution is 2.25. The molecule has 0 aliphatic heterocycles. The summed E-state index contributed by atoms with van der Waals surface area (Å²) in [6.07, 6.45) is 0. The fourth-order valence-corrected chi connectivity index (χ4v) is 1.27. The molecule has 0 heterocycles. The third kappa shape index (κ3) is 4.28. The lowest BCUT2D eigenvalue weighted by Crippen LogP contribution is -2.19. The second-order valence-electron chi connectivity index (χ2n) is 5.08. The van der Waals surface area contributed by atoms with Crippen molar-refractivity contribution in [3.8, 4) is 0 Å². The molecule has 0 bridgehead atoms. The molecule has 0 atom stereocenters. The molecule has 17 heavy (non-hydrogen) atoms. The number of nitro groups is 1. The number of non-ortho nitro benzene ring substituents is 1. The van der Waals surface area contributed by atoms with Crippen molar-refractivity contribution < 1.29 is 4.92 Å². The van der Waals surface area contributed by atoms with E-state index in [9.17, 15) is 10.1 Å². The van der Waals surface area contributed by atoms with E-state index in [4.69, 9.17) is 5.84 Å². The fourth-order valence-electron chi connectivity index (χ4n) is 1.27. The van der Waals surface area contributed by atoms with Crippen LogP contribution in [0.4, 0.5) is 17.1 Å². The van der Waals surface area contributed by atoms with Crippen molar-refractivity contribution in [2.24, 2.45) is 11.3 Å². The van der Waals surface area contributed by atoms with Crippen LogP contribution in [-0.4, -0.2) is 11.5 Å². The first-order valence-electron chi connectivity index (χ1n) is 5.32. The quantitative estimate of drug-likeness (QED) is 0.425. The maximum Gasteiger partial charge on any atom is 0.273 e. The van der Waals surface area contributed by atoms with Crippen molar-refractivity contribution in [1.82, 2.24) is 0 Å². The lowest BCUT2D eigenvalue weighted by molar-refractivity contribution is -0.384. The molecule has 0 amide bonds. The van der Waals surface area contributed by atoms with Gasteiger partial charge in [-0.25, -0.2) is 0 Å². The van der Waals surface area contributed by atoms with E-state index in [0.29, 0.717) is 11.4 Å². The molecule has 0 saturated heterocycles. The number of nitrogens with zero attached hydrogens (tertiary/aromatic N) is 1. The number of hydrazine groups is 1. The van der Waals surface area contributed by atoms with E-state index in [2.05, 4.69) is 31.5 Å². The summed E-state index contributed by atoms with van der Waals surface area (Å²) in [6, 6.07) is 4.62. The maximum absolute atomic E-state index is 10.7. The van der Waals surface area contributed by atoms with E-state index >= 15 is 0 Å². The molecule has 6 nitrogen and oxygen atoms in total. The highest BCUT2D eigenvalue weighted by atomic mass is 16.6. The maximum atomic E-state index is 10.7. The number of rotatable bonds is 4. The molecule has 0 radical (unpaired) electrons. The Hall–Kier alpha value is -1.82. The van der Waals surface area contributed by atoms with Gasteiger partial charge in [-0.3, -0.25) is 16.0 Å². The number of nitrogens with one attached hydrogen (secondary N) is 2. The van der Waals surface area contributed by atoms with Gasteiger partial charge in [-0.15, -0.1) is 0 Å². The minimum Gasteiger partial charge on any atom is -0.384 e. The zero-order valence-corrected chi connectivity index (χ0v) is 10.3. The van der Waals surface area contributed by atoms with Crippen LogP contribution in [0, 0.1) is 15.5 Å². The van der Waals surface area contributed by atoms with E-state index in [-0.39, 0.29) is 11.1 Å². The molecule has 0 spiro atoms. The van der Waals surface area contributed by atoms with Crippen LogP contribution < -0.4 is 16.6 Å². The minimum atomic E-state index is -0.441. The number of hydrogen-bond acceptors (Lipinski definition) is 5. The average Bonchev–Trinajstić information content (AvgIpc) is 2.25. The van der Waals surface area contributed by atoms with Crippen molar-refractivity contribution in [3.05, 3.63) is 28.3 Å². The predicted molar refractivity (Wildman–Crippen MR) is 68.9 cm³/mol. The Morgan fingerprint density at radius 1 is 1.29 bits per heavy atom. The molecule has 0 saturated carbocycles. The monoisotopic (exact) mass is 238 g/mol. The smallest absolute Gasteiger partial charge is 0.273 e. The number of nitrogen functional groups attached to an aromatic ring is 1. The number of nitrogens with two attached hydrogens (primary N) is 1. The van der Waals surface area contributed by atoms with Crippen LogP contribution in [0.3, 0.4) is 0 Å². The molecule has 1 aromatic rings. The fraction of sp³-hybridized carbons (Fsp3) is 0.455. The lowest BCUT2D eigenvalue weighted by Gasteiger charge is -2.19. The standard InChI is InChI=1S/C11H18N4O2/c1-11(2,3)7-13-8-4-9(14-12)6-10(5-8)15(16)17/h4-6,13-14H,7,12H2,1-3H3. The second kappa shape index (κ2) is 5.01. The van der Waals surface area contributed by atoms with Crippen molar-refractivity contribution in [3.63, 3.8) is 0 Å². The Bertz CT molecular complexity index is 412. The minimum absolute atomic E-state index is 0.0110. The van der Waals surface area contributed by atoms with E-state index < -0.39 is 4.92 Å². The van der Waals surface area contributed by atoms with Gasteiger partial charge >= 0.3 is 0 Å². The zero-order valence-electron chi connectivity index (χ0n) is 10.3. The number of benzene rings is 1. The summed E-state index contributed by atoms with van der Waals surface area (Å²) >= 11 is 0. The van der Waals surface area contributed by atoms with Crippen LogP contribution in [-0.2, 0) is 0 Å². The van der Waals surface area contributed by atoms with Crippen molar-refractivity contribution in [2.75, 3.05) is 17.3 Å². The van der Waals surface area contributed by atoms with Crippen LogP contribution in [0.5, 0.6) is 0 Å². The van der Waals surface area contributed by atoms with Gasteiger partial charge in [0.15, 0.2) is 0 Å². The number of hydrogen-bond donors (Lipinski definition) is 3. The average molecular weight is 238 g/mol. The van der Waals surface area contributed by atoms with Gasteiger partial charge in [0, 0.05) is 24.4 Å². The normalized spacial score (nSPS) is 11.1. The highest BCUT2D eigenvalue weighted by Gasteiger charge is 2.12. The van der Waals surface area contributed by atoms with Crippen LogP contribution >= 0.6 is 0 Å². The largest absolute Gasteiger partial charge is 0.384 e. The summed E-state index contributed by atoms with van der Waals surface area (Å²) in [5.74, 6) is 5.27. The number of nitro benzene ring substituents is 1. The highest BCUT2D eigenvalue weighted by molar-refractivity contribution is 5.63. The van der Waals surface area contributed by atoms with Gasteiger partial charge in [0.05, 0.1) is 10.6 Å². The molecule has 4 N–H and O–H groups in total. The van der Waals surface area contributed by atoms with E-state index in [1.807, 2.05) is 0 Å². The van der Waals surface area contributed by atoms with Crippen LogP contribution in [0.2, 0.25) is 0 Å². The third-order valence-electron chi connectivity index (χ3n) is 2.12. The first-order chi connectivity index (χ1) is 7.81. The lowest BCUT2D eigenvalue weighted by atomic mass is 9.97. The molecule has 0 aliphatic carbocycles.